The van der Waals surface area contributed by atoms with Crippen molar-refractivity contribution in [1.82, 2.24) is 0 Å². The van der Waals surface area contributed by atoms with Crippen LogP contribution in [0.3, 0.4) is 0 Å². The van der Waals surface area contributed by atoms with Crippen molar-refractivity contribution in [3.05, 3.63) is 65.1 Å². The van der Waals surface area contributed by atoms with Gasteiger partial charge in [-0.25, -0.2) is 0 Å². The van der Waals surface area contributed by atoms with Crippen LogP contribution >= 0.6 is 0 Å². The number of rotatable bonds is 5. The lowest BCUT2D eigenvalue weighted by Crippen LogP contribution is -2.09. The molecule has 2 rings (SSSR count). The van der Waals surface area contributed by atoms with Crippen molar-refractivity contribution < 1.29 is 19.1 Å². The second-order valence-corrected chi connectivity index (χ2v) is 4.32. The van der Waals surface area contributed by atoms with E-state index in [0.29, 0.717) is 6.61 Å². The molecule has 4 heteroatoms. The molecule has 0 aromatic heterocycles. The van der Waals surface area contributed by atoms with E-state index in [2.05, 4.69) is 0 Å². The van der Waals surface area contributed by atoms with Crippen molar-refractivity contribution in [2.45, 2.75) is 6.92 Å². The van der Waals surface area contributed by atoms with E-state index in [9.17, 15) is 9.59 Å². The standard InChI is InChI=1S/C17H16O4/c1-3-21-14(10-9-12-7-5-4-6-8-12)16-13(18)11-15(20-2)17(16)19/h4-11H,3H2,1-2H3/b10-9+,16-14+. The minimum Gasteiger partial charge on any atom is -0.493 e. The molecule has 1 aromatic rings. The molecule has 0 aliphatic heterocycles. The molecule has 0 fully saturated rings. The minimum atomic E-state index is -0.441. The van der Waals surface area contributed by atoms with Gasteiger partial charge in [0.05, 0.1) is 13.7 Å². The number of hydrogen-bond acceptors (Lipinski definition) is 4. The van der Waals surface area contributed by atoms with E-state index in [1.54, 1.807) is 19.1 Å². The molecule has 0 radical (unpaired) electrons. The molecule has 0 amide bonds. The van der Waals surface area contributed by atoms with Crippen LogP contribution in [0.2, 0.25) is 0 Å². The van der Waals surface area contributed by atoms with E-state index in [1.165, 1.54) is 13.2 Å². The molecule has 108 valence electrons. The average molecular weight is 284 g/mol. The molecule has 0 saturated heterocycles. The van der Waals surface area contributed by atoms with Crippen LogP contribution in [0.15, 0.2) is 59.6 Å². The van der Waals surface area contributed by atoms with E-state index < -0.39 is 11.6 Å². The summed E-state index contributed by atoms with van der Waals surface area (Å²) in [6, 6.07) is 9.56. The highest BCUT2D eigenvalue weighted by Gasteiger charge is 2.32. The molecule has 0 bridgehead atoms. The first-order valence-corrected chi connectivity index (χ1v) is 6.62. The Bertz CT molecular complexity index is 636. The van der Waals surface area contributed by atoms with Gasteiger partial charge in [-0.05, 0) is 18.6 Å². The summed E-state index contributed by atoms with van der Waals surface area (Å²) in [5.41, 5.74) is 0.967. The smallest absolute Gasteiger partial charge is 0.235 e. The maximum Gasteiger partial charge on any atom is 0.235 e. The van der Waals surface area contributed by atoms with Gasteiger partial charge in [0.25, 0.3) is 0 Å². The van der Waals surface area contributed by atoms with Gasteiger partial charge in [0.1, 0.15) is 11.3 Å². The van der Waals surface area contributed by atoms with E-state index >= 15 is 0 Å². The van der Waals surface area contributed by atoms with Crippen molar-refractivity contribution in [3.8, 4) is 0 Å². The van der Waals surface area contributed by atoms with Gasteiger partial charge in [-0.3, -0.25) is 9.59 Å². The van der Waals surface area contributed by atoms with E-state index in [4.69, 9.17) is 9.47 Å². The lowest BCUT2D eigenvalue weighted by atomic mass is 10.1. The Kier molecular flexibility index (Phi) is 4.72. The van der Waals surface area contributed by atoms with Crippen LogP contribution in [-0.2, 0) is 19.1 Å². The summed E-state index contributed by atoms with van der Waals surface area (Å²) in [4.78, 5) is 24.0. The third-order valence-corrected chi connectivity index (χ3v) is 2.95. The molecule has 1 aliphatic carbocycles. The number of methoxy groups -OCH3 is 1. The molecule has 21 heavy (non-hydrogen) atoms. The highest BCUT2D eigenvalue weighted by Crippen LogP contribution is 2.23. The third-order valence-electron chi connectivity index (χ3n) is 2.95. The fraction of sp³-hybridized carbons (Fsp3) is 0.176. The van der Waals surface area contributed by atoms with Gasteiger partial charge in [0, 0.05) is 6.08 Å². The zero-order chi connectivity index (χ0) is 15.2. The average Bonchev–Trinajstić information content (AvgIpc) is 2.79. The molecule has 0 saturated carbocycles. The Hall–Kier alpha value is -2.62. The fourth-order valence-corrected chi connectivity index (χ4v) is 1.97. The first-order valence-electron chi connectivity index (χ1n) is 6.62. The summed E-state index contributed by atoms with van der Waals surface area (Å²) in [6.45, 7) is 2.16. The van der Waals surface area contributed by atoms with E-state index in [0.717, 1.165) is 5.56 Å². The van der Waals surface area contributed by atoms with E-state index in [1.807, 2.05) is 30.3 Å². The summed E-state index contributed by atoms with van der Waals surface area (Å²) >= 11 is 0. The summed E-state index contributed by atoms with van der Waals surface area (Å²) in [5.74, 6) is -0.526. The number of carbonyl (C=O) groups is 2. The van der Waals surface area contributed by atoms with Crippen molar-refractivity contribution in [2.75, 3.05) is 13.7 Å². The summed E-state index contributed by atoms with van der Waals surface area (Å²) < 4.78 is 10.3. The maximum atomic E-state index is 12.1. The molecule has 4 nitrogen and oxygen atoms in total. The van der Waals surface area contributed by atoms with Gasteiger partial charge >= 0.3 is 0 Å². The van der Waals surface area contributed by atoms with Gasteiger partial charge in [-0.15, -0.1) is 0 Å². The van der Waals surface area contributed by atoms with Crippen LogP contribution in [0, 0.1) is 0 Å². The topological polar surface area (TPSA) is 52.6 Å². The van der Waals surface area contributed by atoms with Crippen molar-refractivity contribution in [2.24, 2.45) is 0 Å². The SMILES string of the molecule is CCOC(/C=C/c1ccccc1)=C1\C(=O)C=C(OC)C1=O. The number of Topliss-reactive ketones (excluding diaryl/α,β-unsaturated/α-hetero) is 1. The molecular weight excluding hydrogens is 268 g/mol. The monoisotopic (exact) mass is 284 g/mol. The van der Waals surface area contributed by atoms with Gasteiger partial charge in [0.2, 0.25) is 5.78 Å². The van der Waals surface area contributed by atoms with Crippen molar-refractivity contribution >= 4 is 17.6 Å². The molecule has 0 unspecified atom stereocenters. The van der Waals surface area contributed by atoms with Crippen LogP contribution in [0.25, 0.3) is 6.08 Å². The number of ketones is 2. The fourth-order valence-electron chi connectivity index (χ4n) is 1.97. The third kappa shape index (κ3) is 3.28. The zero-order valence-corrected chi connectivity index (χ0v) is 12.0. The predicted molar refractivity (Wildman–Crippen MR) is 79.2 cm³/mol. The van der Waals surface area contributed by atoms with E-state index in [-0.39, 0.29) is 17.1 Å². The number of ether oxygens (including phenoxy) is 2. The second kappa shape index (κ2) is 6.70. The molecule has 1 aliphatic rings. The first kappa shape index (κ1) is 14.8. The molecule has 1 aromatic carbocycles. The summed E-state index contributed by atoms with van der Waals surface area (Å²) in [7, 11) is 1.36. The Labute approximate surface area is 123 Å². The molecule has 0 N–H and O–H groups in total. The number of carbonyl (C=O) groups excluding carboxylic acids is 2. The maximum absolute atomic E-state index is 12.1. The zero-order valence-electron chi connectivity index (χ0n) is 12.0. The van der Waals surface area contributed by atoms with Crippen LogP contribution in [0.5, 0.6) is 0 Å². The molecule has 0 spiro atoms. The summed E-state index contributed by atoms with van der Waals surface area (Å²) in [5, 5.41) is 0. The van der Waals surface area contributed by atoms with Gasteiger partial charge in [-0.2, -0.15) is 0 Å². The Balaban J connectivity index is 2.35. The minimum absolute atomic E-state index is 0.0147. The van der Waals surface area contributed by atoms with Crippen LogP contribution in [0.1, 0.15) is 12.5 Å². The van der Waals surface area contributed by atoms with Crippen molar-refractivity contribution in [1.29, 1.82) is 0 Å². The highest BCUT2D eigenvalue weighted by molar-refractivity contribution is 6.35. The number of allylic oxidation sites excluding steroid dienone is 3. The van der Waals surface area contributed by atoms with Crippen LogP contribution in [0.4, 0.5) is 0 Å². The lowest BCUT2D eigenvalue weighted by molar-refractivity contribution is -0.117. The Morgan fingerprint density at radius 2 is 1.90 bits per heavy atom. The Morgan fingerprint density at radius 1 is 1.19 bits per heavy atom. The summed E-state index contributed by atoms with van der Waals surface area (Å²) in [6.07, 6.45) is 4.62. The number of benzene rings is 1. The largest absolute Gasteiger partial charge is 0.493 e. The van der Waals surface area contributed by atoms with Crippen LogP contribution in [-0.4, -0.2) is 25.3 Å². The lowest BCUT2D eigenvalue weighted by Gasteiger charge is -2.07. The number of hydrogen-bond donors (Lipinski definition) is 0. The first-order chi connectivity index (χ1) is 10.2. The van der Waals surface area contributed by atoms with Gasteiger partial charge < -0.3 is 9.47 Å². The molecular formula is C17H16O4. The second-order valence-electron chi connectivity index (χ2n) is 4.32. The van der Waals surface area contributed by atoms with Crippen LogP contribution < -0.4 is 0 Å². The molecule has 0 atom stereocenters. The highest BCUT2D eigenvalue weighted by atomic mass is 16.5. The Morgan fingerprint density at radius 3 is 2.48 bits per heavy atom. The predicted octanol–water partition coefficient (Wildman–Crippen LogP) is 2.67. The van der Waals surface area contributed by atoms with Crippen molar-refractivity contribution in [3.63, 3.8) is 0 Å². The van der Waals surface area contributed by atoms with Gasteiger partial charge in [-0.1, -0.05) is 36.4 Å². The van der Waals surface area contributed by atoms with Gasteiger partial charge in [0.15, 0.2) is 11.5 Å². The normalized spacial score (nSPS) is 17.1. The quantitative estimate of drug-likeness (QED) is 0.474. The molecule has 0 heterocycles.